The number of nitrogens with one attached hydrogen (secondary N) is 1. The molecule has 0 fully saturated rings. The highest BCUT2D eigenvalue weighted by Crippen LogP contribution is 2.19. The molecule has 0 aliphatic heterocycles. The first-order valence-corrected chi connectivity index (χ1v) is 6.42. The number of hydrogen-bond donors (Lipinski definition) is 1. The van der Waals surface area contributed by atoms with Gasteiger partial charge in [-0.2, -0.15) is 0 Å². The number of esters is 2. The van der Waals surface area contributed by atoms with Crippen LogP contribution in [-0.4, -0.2) is 42.4 Å². The summed E-state index contributed by atoms with van der Waals surface area (Å²) in [5.41, 5.74) is -1.97. The van der Waals surface area contributed by atoms with E-state index in [1.165, 1.54) is 13.8 Å². The molecule has 0 aliphatic carbocycles. The fraction of sp³-hybridized carbons (Fsp3) is 0.692. The van der Waals surface area contributed by atoms with Gasteiger partial charge in [0.2, 0.25) is 11.4 Å². The maximum absolute atomic E-state index is 12.1. The normalized spacial score (nSPS) is 10.6. The second-order valence-electron chi connectivity index (χ2n) is 4.23. The minimum absolute atomic E-state index is 0.0413. The monoisotopic (exact) mass is 287 g/mol. The van der Waals surface area contributed by atoms with E-state index in [1.54, 1.807) is 13.8 Å². The summed E-state index contributed by atoms with van der Waals surface area (Å²) in [7, 11) is 0. The third-order valence-corrected chi connectivity index (χ3v) is 2.49. The molecule has 0 aromatic heterocycles. The van der Waals surface area contributed by atoms with Gasteiger partial charge in [-0.15, -0.1) is 0 Å². The van der Waals surface area contributed by atoms with Gasteiger partial charge in [0, 0.05) is 13.3 Å². The van der Waals surface area contributed by atoms with Crippen LogP contribution in [0.15, 0.2) is 0 Å². The summed E-state index contributed by atoms with van der Waals surface area (Å²) in [6, 6.07) is 0. The summed E-state index contributed by atoms with van der Waals surface area (Å²) < 4.78 is 9.68. The fourth-order valence-electron chi connectivity index (χ4n) is 1.62. The van der Waals surface area contributed by atoms with Crippen LogP contribution in [0.2, 0.25) is 0 Å². The molecule has 0 heterocycles. The molecular formula is C13H21NO6. The van der Waals surface area contributed by atoms with Crippen molar-refractivity contribution in [1.29, 1.82) is 0 Å². The number of carbonyl (C=O) groups excluding carboxylic acids is 4. The largest absolute Gasteiger partial charge is 0.464 e. The standard InChI is InChI=1S/C13H21NO6/c1-5-19-11(17)13(14-10(4)16,8-7-9(3)15)12(18)20-6-2/h5-8H2,1-4H3,(H,14,16). The molecule has 0 spiro atoms. The van der Waals surface area contributed by atoms with Crippen molar-refractivity contribution in [3.05, 3.63) is 0 Å². The van der Waals surface area contributed by atoms with Gasteiger partial charge in [0.1, 0.15) is 5.78 Å². The van der Waals surface area contributed by atoms with Crippen LogP contribution < -0.4 is 5.32 Å². The summed E-state index contributed by atoms with van der Waals surface area (Å²) in [6.45, 7) is 5.73. The minimum Gasteiger partial charge on any atom is -0.464 e. The molecule has 0 unspecified atom stereocenters. The van der Waals surface area contributed by atoms with Crippen molar-refractivity contribution in [2.45, 2.75) is 46.1 Å². The quantitative estimate of drug-likeness (QED) is 0.511. The van der Waals surface area contributed by atoms with E-state index in [1.807, 2.05) is 0 Å². The molecule has 0 radical (unpaired) electrons. The highest BCUT2D eigenvalue weighted by atomic mass is 16.6. The molecule has 1 amide bonds. The van der Waals surface area contributed by atoms with Crippen molar-refractivity contribution >= 4 is 23.6 Å². The van der Waals surface area contributed by atoms with E-state index >= 15 is 0 Å². The molecule has 7 heteroatoms. The van der Waals surface area contributed by atoms with Crippen molar-refractivity contribution in [3.8, 4) is 0 Å². The number of ketones is 1. The lowest BCUT2D eigenvalue weighted by Crippen LogP contribution is -2.61. The molecule has 0 atom stereocenters. The molecule has 0 aromatic carbocycles. The number of ether oxygens (including phenoxy) is 2. The molecule has 0 rings (SSSR count). The van der Waals surface area contributed by atoms with Crippen LogP contribution in [-0.2, 0) is 28.7 Å². The molecule has 1 N–H and O–H groups in total. The van der Waals surface area contributed by atoms with Gasteiger partial charge in [-0.1, -0.05) is 0 Å². The summed E-state index contributed by atoms with van der Waals surface area (Å²) in [6.07, 6.45) is -0.252. The lowest BCUT2D eigenvalue weighted by Gasteiger charge is -2.29. The second kappa shape index (κ2) is 8.29. The van der Waals surface area contributed by atoms with E-state index in [4.69, 9.17) is 9.47 Å². The van der Waals surface area contributed by atoms with Crippen molar-refractivity contribution in [2.24, 2.45) is 0 Å². The zero-order chi connectivity index (χ0) is 15.8. The van der Waals surface area contributed by atoms with E-state index in [2.05, 4.69) is 5.32 Å². The SMILES string of the molecule is CCOC(=O)C(CCC(C)=O)(NC(C)=O)C(=O)OCC. The molecule has 114 valence electrons. The van der Waals surface area contributed by atoms with Crippen molar-refractivity contribution < 1.29 is 28.7 Å². The summed E-state index contributed by atoms with van der Waals surface area (Å²) >= 11 is 0. The van der Waals surface area contributed by atoms with Gasteiger partial charge in [-0.05, 0) is 27.2 Å². The van der Waals surface area contributed by atoms with Gasteiger partial charge in [-0.3, -0.25) is 4.79 Å². The number of rotatable bonds is 8. The highest BCUT2D eigenvalue weighted by molar-refractivity contribution is 6.08. The number of amides is 1. The van der Waals surface area contributed by atoms with Gasteiger partial charge >= 0.3 is 11.9 Å². The molecule has 20 heavy (non-hydrogen) atoms. The van der Waals surface area contributed by atoms with Crippen molar-refractivity contribution in [3.63, 3.8) is 0 Å². The molecule has 0 saturated carbocycles. The Morgan fingerprint density at radius 2 is 1.40 bits per heavy atom. The van der Waals surface area contributed by atoms with Crippen LogP contribution in [0.4, 0.5) is 0 Å². The number of Topliss-reactive ketones (excluding diaryl/α,β-unsaturated/α-hetero) is 1. The van der Waals surface area contributed by atoms with Crippen molar-refractivity contribution in [2.75, 3.05) is 13.2 Å². The molecular weight excluding hydrogens is 266 g/mol. The summed E-state index contributed by atoms with van der Waals surface area (Å²) in [5, 5.41) is 2.28. The van der Waals surface area contributed by atoms with Gasteiger partial charge in [0.25, 0.3) is 0 Å². The van der Waals surface area contributed by atoms with Crippen LogP contribution >= 0.6 is 0 Å². The summed E-state index contributed by atoms with van der Waals surface area (Å²) in [5.74, 6) is -2.65. The zero-order valence-electron chi connectivity index (χ0n) is 12.3. The van der Waals surface area contributed by atoms with E-state index in [0.717, 1.165) is 0 Å². The Kier molecular flexibility index (Phi) is 7.49. The lowest BCUT2D eigenvalue weighted by molar-refractivity contribution is -0.168. The minimum atomic E-state index is -1.97. The Hall–Kier alpha value is -1.92. The van der Waals surface area contributed by atoms with Crippen LogP contribution in [0.25, 0.3) is 0 Å². The first kappa shape index (κ1) is 18.1. The molecule has 7 nitrogen and oxygen atoms in total. The van der Waals surface area contributed by atoms with E-state index in [9.17, 15) is 19.2 Å². The average molecular weight is 287 g/mol. The van der Waals surface area contributed by atoms with Crippen LogP contribution in [0.1, 0.15) is 40.5 Å². The van der Waals surface area contributed by atoms with E-state index < -0.39 is 23.4 Å². The van der Waals surface area contributed by atoms with Gasteiger partial charge < -0.3 is 19.6 Å². The third-order valence-electron chi connectivity index (χ3n) is 2.49. The number of hydrogen-bond acceptors (Lipinski definition) is 6. The smallest absolute Gasteiger partial charge is 0.343 e. The Labute approximate surface area is 118 Å². The van der Waals surface area contributed by atoms with Crippen LogP contribution in [0.3, 0.4) is 0 Å². The van der Waals surface area contributed by atoms with Gasteiger partial charge in [0.15, 0.2) is 0 Å². The van der Waals surface area contributed by atoms with E-state index in [-0.39, 0.29) is 31.8 Å². The Morgan fingerprint density at radius 3 is 1.70 bits per heavy atom. The fourth-order valence-corrected chi connectivity index (χ4v) is 1.62. The average Bonchev–Trinajstić information content (AvgIpc) is 2.34. The maximum atomic E-state index is 12.1. The summed E-state index contributed by atoms with van der Waals surface area (Å²) in [4.78, 5) is 46.6. The first-order valence-electron chi connectivity index (χ1n) is 6.42. The predicted molar refractivity (Wildman–Crippen MR) is 69.7 cm³/mol. The molecule has 0 aromatic rings. The molecule has 0 bridgehead atoms. The molecule has 0 saturated heterocycles. The van der Waals surface area contributed by atoms with Crippen LogP contribution in [0, 0.1) is 0 Å². The first-order chi connectivity index (χ1) is 9.30. The van der Waals surface area contributed by atoms with Crippen molar-refractivity contribution in [1.82, 2.24) is 5.32 Å². The second-order valence-corrected chi connectivity index (χ2v) is 4.23. The number of carbonyl (C=O) groups is 4. The van der Waals surface area contributed by atoms with Crippen LogP contribution in [0.5, 0.6) is 0 Å². The lowest BCUT2D eigenvalue weighted by atomic mass is 9.92. The Bertz CT molecular complexity index is 372. The Balaban J connectivity index is 5.48. The maximum Gasteiger partial charge on any atom is 0.343 e. The Morgan fingerprint density at radius 1 is 0.950 bits per heavy atom. The van der Waals surface area contributed by atoms with E-state index in [0.29, 0.717) is 0 Å². The topological polar surface area (TPSA) is 98.8 Å². The predicted octanol–water partition coefficient (Wildman–Crippen LogP) is 0.357. The third kappa shape index (κ3) is 4.99. The van der Waals surface area contributed by atoms with Gasteiger partial charge in [-0.25, -0.2) is 9.59 Å². The highest BCUT2D eigenvalue weighted by Gasteiger charge is 2.49. The zero-order valence-corrected chi connectivity index (χ0v) is 12.3. The molecule has 0 aliphatic rings. The van der Waals surface area contributed by atoms with Gasteiger partial charge in [0.05, 0.1) is 13.2 Å².